The Hall–Kier alpha value is -3.68. The summed E-state index contributed by atoms with van der Waals surface area (Å²) in [7, 11) is 1.51. The molecule has 1 aromatic heterocycles. The molecule has 32 heavy (non-hydrogen) atoms. The molecule has 0 spiro atoms. The third kappa shape index (κ3) is 4.64. The average Bonchev–Trinajstić information content (AvgIpc) is 3.10. The van der Waals surface area contributed by atoms with E-state index in [1.807, 2.05) is 4.90 Å². The maximum absolute atomic E-state index is 13.0. The van der Waals surface area contributed by atoms with E-state index in [4.69, 9.17) is 4.74 Å². The van der Waals surface area contributed by atoms with Crippen molar-refractivity contribution >= 4 is 28.3 Å². The van der Waals surface area contributed by atoms with Crippen molar-refractivity contribution in [1.82, 2.24) is 15.1 Å². The summed E-state index contributed by atoms with van der Waals surface area (Å²) in [6.07, 6.45) is 4.25. The molecular weight excluding hydrogens is 408 g/mol. The van der Waals surface area contributed by atoms with E-state index in [1.165, 1.54) is 7.11 Å². The number of benzene rings is 2. The Balaban J connectivity index is 1.55. The van der Waals surface area contributed by atoms with Crippen LogP contribution in [0, 0.1) is 0 Å². The number of ether oxygens (including phenoxy) is 1. The molecule has 1 aliphatic heterocycles. The summed E-state index contributed by atoms with van der Waals surface area (Å²) in [6, 6.07) is 12.1. The first-order valence-electron chi connectivity index (χ1n) is 10.8. The number of fused-ring (bicyclic) bond motifs is 1. The summed E-state index contributed by atoms with van der Waals surface area (Å²) in [4.78, 5) is 39.6. The van der Waals surface area contributed by atoms with Crippen molar-refractivity contribution < 1.29 is 14.3 Å². The van der Waals surface area contributed by atoms with Gasteiger partial charge in [-0.1, -0.05) is 31.0 Å². The molecule has 1 aliphatic rings. The monoisotopic (exact) mass is 434 g/mol. The molecule has 2 aromatic carbocycles. The minimum Gasteiger partial charge on any atom is -0.495 e. The number of carbonyl (C=O) groups is 2. The second kappa shape index (κ2) is 9.64. The van der Waals surface area contributed by atoms with E-state index >= 15 is 0 Å². The van der Waals surface area contributed by atoms with Crippen LogP contribution in [0.4, 0.5) is 5.69 Å². The van der Waals surface area contributed by atoms with Crippen LogP contribution in [0.3, 0.4) is 0 Å². The minimum atomic E-state index is -0.327. The zero-order valence-electron chi connectivity index (χ0n) is 18.0. The number of anilines is 1. The number of amides is 2. The van der Waals surface area contributed by atoms with Crippen molar-refractivity contribution in [3.05, 3.63) is 64.1 Å². The molecule has 1 saturated heterocycles. The highest BCUT2D eigenvalue weighted by atomic mass is 16.5. The van der Waals surface area contributed by atoms with Crippen molar-refractivity contribution in [3.8, 4) is 5.75 Å². The van der Waals surface area contributed by atoms with Gasteiger partial charge in [0.15, 0.2) is 0 Å². The molecule has 2 N–H and O–H groups in total. The maximum Gasteiger partial charge on any atom is 0.272 e. The van der Waals surface area contributed by atoms with Gasteiger partial charge in [-0.2, -0.15) is 5.10 Å². The Morgan fingerprint density at radius 3 is 2.50 bits per heavy atom. The van der Waals surface area contributed by atoms with Gasteiger partial charge in [0.1, 0.15) is 5.75 Å². The van der Waals surface area contributed by atoms with E-state index in [0.29, 0.717) is 33.5 Å². The van der Waals surface area contributed by atoms with Crippen molar-refractivity contribution in [3.63, 3.8) is 0 Å². The number of likely N-dealkylation sites (tertiary alicyclic amines) is 1. The SMILES string of the molecule is COc1ccc(C(=O)N2CCCCCC2)cc1NC(=O)Cc1n[nH]c(=O)c2ccccc12. The lowest BCUT2D eigenvalue weighted by molar-refractivity contribution is -0.115. The quantitative estimate of drug-likeness (QED) is 0.642. The molecule has 166 valence electrons. The Labute approximate surface area is 185 Å². The summed E-state index contributed by atoms with van der Waals surface area (Å²) >= 11 is 0. The Bertz CT molecular complexity index is 1200. The number of H-pyrrole nitrogens is 1. The van der Waals surface area contributed by atoms with E-state index in [0.717, 1.165) is 38.8 Å². The normalized spacial score (nSPS) is 14.1. The van der Waals surface area contributed by atoms with Crippen molar-refractivity contribution in [1.29, 1.82) is 0 Å². The molecular formula is C24H26N4O4. The van der Waals surface area contributed by atoms with E-state index in [9.17, 15) is 14.4 Å². The Morgan fingerprint density at radius 1 is 1.06 bits per heavy atom. The van der Waals surface area contributed by atoms with Crippen LogP contribution in [0.2, 0.25) is 0 Å². The van der Waals surface area contributed by atoms with Crippen LogP contribution in [-0.4, -0.2) is 47.1 Å². The van der Waals surface area contributed by atoms with Gasteiger partial charge in [0.25, 0.3) is 11.5 Å². The second-order valence-electron chi connectivity index (χ2n) is 7.89. The molecule has 8 heteroatoms. The summed E-state index contributed by atoms with van der Waals surface area (Å²) in [6.45, 7) is 1.50. The van der Waals surface area contributed by atoms with Crippen LogP contribution in [-0.2, 0) is 11.2 Å². The Kier molecular flexibility index (Phi) is 6.49. The van der Waals surface area contributed by atoms with Gasteiger partial charge < -0.3 is 15.0 Å². The zero-order chi connectivity index (χ0) is 22.5. The molecule has 0 aliphatic carbocycles. The molecule has 4 rings (SSSR count). The lowest BCUT2D eigenvalue weighted by atomic mass is 10.1. The van der Waals surface area contributed by atoms with Crippen LogP contribution in [0.15, 0.2) is 47.3 Å². The zero-order valence-corrected chi connectivity index (χ0v) is 18.0. The Morgan fingerprint density at radius 2 is 1.78 bits per heavy atom. The number of aromatic amines is 1. The third-order valence-corrected chi connectivity index (χ3v) is 5.72. The predicted octanol–water partition coefficient (Wildman–Crippen LogP) is 3.13. The highest BCUT2D eigenvalue weighted by Crippen LogP contribution is 2.27. The molecule has 2 heterocycles. The van der Waals surface area contributed by atoms with E-state index in [-0.39, 0.29) is 23.8 Å². The molecule has 0 bridgehead atoms. The summed E-state index contributed by atoms with van der Waals surface area (Å²) in [5, 5.41) is 10.4. The van der Waals surface area contributed by atoms with Gasteiger partial charge in [-0.05, 0) is 37.1 Å². The average molecular weight is 434 g/mol. The minimum absolute atomic E-state index is 0.0370. The number of carbonyl (C=O) groups excluding carboxylic acids is 2. The molecule has 8 nitrogen and oxygen atoms in total. The van der Waals surface area contributed by atoms with Crippen LogP contribution in [0.25, 0.3) is 10.8 Å². The van der Waals surface area contributed by atoms with Gasteiger partial charge in [0, 0.05) is 24.0 Å². The van der Waals surface area contributed by atoms with Gasteiger partial charge in [0.2, 0.25) is 5.91 Å². The van der Waals surface area contributed by atoms with E-state index in [2.05, 4.69) is 15.5 Å². The van der Waals surface area contributed by atoms with Gasteiger partial charge in [-0.3, -0.25) is 14.4 Å². The summed E-state index contributed by atoms with van der Waals surface area (Å²) < 4.78 is 5.38. The molecule has 2 amide bonds. The first kappa shape index (κ1) is 21.5. The third-order valence-electron chi connectivity index (χ3n) is 5.72. The second-order valence-corrected chi connectivity index (χ2v) is 7.89. The van der Waals surface area contributed by atoms with Gasteiger partial charge in [-0.25, -0.2) is 5.10 Å². The number of methoxy groups -OCH3 is 1. The number of rotatable bonds is 5. The highest BCUT2D eigenvalue weighted by molar-refractivity contribution is 5.99. The van der Waals surface area contributed by atoms with Crippen LogP contribution < -0.4 is 15.6 Å². The predicted molar refractivity (Wildman–Crippen MR) is 122 cm³/mol. The van der Waals surface area contributed by atoms with Gasteiger partial charge in [-0.15, -0.1) is 0 Å². The van der Waals surface area contributed by atoms with E-state index < -0.39 is 0 Å². The lowest BCUT2D eigenvalue weighted by Crippen LogP contribution is -2.31. The standard InChI is InChI=1S/C24H26N4O4/c1-32-21-11-10-16(24(31)28-12-6-2-3-7-13-28)14-20(21)25-22(29)15-19-17-8-4-5-9-18(17)23(30)27-26-19/h4-5,8-11,14H,2-3,6-7,12-13,15H2,1H3,(H,25,29)(H,27,30). The number of hydrogen-bond donors (Lipinski definition) is 2. The number of aromatic nitrogens is 2. The summed E-state index contributed by atoms with van der Waals surface area (Å²) in [5.41, 5.74) is 1.10. The van der Waals surface area contributed by atoms with Gasteiger partial charge >= 0.3 is 0 Å². The molecule has 0 unspecified atom stereocenters. The summed E-state index contributed by atoms with van der Waals surface area (Å²) in [5.74, 6) is 0.0933. The first-order valence-corrected chi connectivity index (χ1v) is 10.8. The molecule has 0 saturated carbocycles. The number of hydrogen-bond acceptors (Lipinski definition) is 5. The lowest BCUT2D eigenvalue weighted by Gasteiger charge is -2.21. The topological polar surface area (TPSA) is 104 Å². The molecule has 0 atom stereocenters. The van der Waals surface area contributed by atoms with Crippen LogP contribution in [0.1, 0.15) is 41.7 Å². The van der Waals surface area contributed by atoms with Gasteiger partial charge in [0.05, 0.1) is 30.3 Å². The van der Waals surface area contributed by atoms with Crippen molar-refractivity contribution in [2.75, 3.05) is 25.5 Å². The fourth-order valence-electron chi connectivity index (χ4n) is 4.05. The fourth-order valence-corrected chi connectivity index (χ4v) is 4.05. The van der Waals surface area contributed by atoms with Crippen molar-refractivity contribution in [2.45, 2.75) is 32.1 Å². The largest absolute Gasteiger partial charge is 0.495 e. The number of nitrogens with zero attached hydrogens (tertiary/aromatic N) is 2. The van der Waals surface area contributed by atoms with Crippen LogP contribution >= 0.6 is 0 Å². The maximum atomic E-state index is 13.0. The number of nitrogens with one attached hydrogen (secondary N) is 2. The highest BCUT2D eigenvalue weighted by Gasteiger charge is 2.20. The van der Waals surface area contributed by atoms with Crippen LogP contribution in [0.5, 0.6) is 5.75 Å². The molecule has 1 fully saturated rings. The van der Waals surface area contributed by atoms with Crippen molar-refractivity contribution in [2.24, 2.45) is 0 Å². The van der Waals surface area contributed by atoms with E-state index in [1.54, 1.807) is 42.5 Å². The fraction of sp³-hybridized carbons (Fsp3) is 0.333. The smallest absolute Gasteiger partial charge is 0.272 e. The molecule has 0 radical (unpaired) electrons. The first-order chi connectivity index (χ1) is 15.6. The molecule has 3 aromatic rings.